The number of amides is 1. The quantitative estimate of drug-likeness (QED) is 0.529. The van der Waals surface area contributed by atoms with Crippen LogP contribution in [0.3, 0.4) is 0 Å². The average molecular weight is 485 g/mol. The van der Waals surface area contributed by atoms with Crippen molar-refractivity contribution in [1.29, 1.82) is 5.26 Å². The Kier molecular flexibility index (Phi) is 7.29. The molecule has 1 aliphatic carbocycles. The highest BCUT2D eigenvalue weighted by Crippen LogP contribution is 2.39. The smallest absolute Gasteiger partial charge is 0.239 e. The van der Waals surface area contributed by atoms with Crippen molar-refractivity contribution in [2.45, 2.75) is 32.2 Å². The van der Waals surface area contributed by atoms with Crippen LogP contribution in [0.4, 0.5) is 5.00 Å². The molecular weight excluding hydrogens is 452 g/mol. The van der Waals surface area contributed by atoms with Crippen molar-refractivity contribution in [3.05, 3.63) is 87.8 Å². The van der Waals surface area contributed by atoms with Crippen LogP contribution in [0.1, 0.15) is 46.5 Å². The van der Waals surface area contributed by atoms with Crippen LogP contribution in [0.5, 0.6) is 0 Å². The molecule has 5 rings (SSSR count). The first-order valence-electron chi connectivity index (χ1n) is 12.5. The fourth-order valence-corrected chi connectivity index (χ4v) is 6.77. The Bertz CT molecular complexity index is 1150. The standard InChI is InChI=1S/C29H32N4OS/c1-21-12-13-24-25(19-30)29(35-26(24)18-21)31-27(34)20-32-14-16-33(17-15-32)28(22-8-4-2-5-9-22)23-10-6-3-7-11-23/h2-11,21,28H,12-18,20H2,1H3,(H,31,34). The van der Waals surface area contributed by atoms with E-state index in [-0.39, 0.29) is 11.9 Å². The van der Waals surface area contributed by atoms with Gasteiger partial charge in [-0.2, -0.15) is 5.26 Å². The van der Waals surface area contributed by atoms with Crippen LogP contribution < -0.4 is 5.32 Å². The predicted molar refractivity (Wildman–Crippen MR) is 142 cm³/mol. The summed E-state index contributed by atoms with van der Waals surface area (Å²) in [6.45, 7) is 6.10. The number of nitrogens with one attached hydrogen (secondary N) is 1. The van der Waals surface area contributed by atoms with E-state index < -0.39 is 0 Å². The second kappa shape index (κ2) is 10.7. The van der Waals surface area contributed by atoms with E-state index in [0.29, 0.717) is 18.0 Å². The van der Waals surface area contributed by atoms with Crippen molar-refractivity contribution in [3.63, 3.8) is 0 Å². The van der Waals surface area contributed by atoms with Gasteiger partial charge in [-0.3, -0.25) is 14.6 Å². The minimum Gasteiger partial charge on any atom is -0.315 e. The normalized spacial score (nSPS) is 18.7. The topological polar surface area (TPSA) is 59.4 Å². The predicted octanol–water partition coefficient (Wildman–Crippen LogP) is 5.09. The summed E-state index contributed by atoms with van der Waals surface area (Å²) >= 11 is 1.60. The van der Waals surface area contributed by atoms with Crippen LogP contribution >= 0.6 is 11.3 Å². The summed E-state index contributed by atoms with van der Waals surface area (Å²) < 4.78 is 0. The van der Waals surface area contributed by atoms with E-state index in [1.165, 1.54) is 16.0 Å². The van der Waals surface area contributed by atoms with Gasteiger partial charge in [0.15, 0.2) is 0 Å². The molecule has 2 aromatic carbocycles. The van der Waals surface area contributed by atoms with E-state index in [0.717, 1.165) is 56.0 Å². The molecule has 0 bridgehead atoms. The summed E-state index contributed by atoms with van der Waals surface area (Å²) in [6, 6.07) is 23.9. The average Bonchev–Trinajstić information content (AvgIpc) is 3.22. The van der Waals surface area contributed by atoms with E-state index in [1.54, 1.807) is 11.3 Å². The molecule has 0 spiro atoms. The maximum atomic E-state index is 12.9. The van der Waals surface area contributed by atoms with E-state index >= 15 is 0 Å². The van der Waals surface area contributed by atoms with Gasteiger partial charge in [0.05, 0.1) is 18.2 Å². The molecule has 3 aromatic rings. The van der Waals surface area contributed by atoms with Crippen LogP contribution in [0, 0.1) is 17.2 Å². The lowest BCUT2D eigenvalue weighted by Crippen LogP contribution is -2.49. The van der Waals surface area contributed by atoms with Gasteiger partial charge in [-0.25, -0.2) is 0 Å². The SMILES string of the molecule is CC1CCc2c(sc(NC(=O)CN3CCN(C(c4ccccc4)c4ccccc4)CC3)c2C#N)C1. The first-order chi connectivity index (χ1) is 17.1. The highest BCUT2D eigenvalue weighted by Gasteiger charge is 2.28. The van der Waals surface area contributed by atoms with Crippen LogP contribution in [0.15, 0.2) is 60.7 Å². The fraction of sp³-hybridized carbons (Fsp3) is 0.379. The number of hydrogen-bond acceptors (Lipinski definition) is 5. The number of hydrogen-bond donors (Lipinski definition) is 1. The molecule has 1 saturated heterocycles. The van der Waals surface area contributed by atoms with Gasteiger partial charge in [-0.1, -0.05) is 67.6 Å². The van der Waals surface area contributed by atoms with Gasteiger partial charge in [0, 0.05) is 31.1 Å². The van der Waals surface area contributed by atoms with Crippen molar-refractivity contribution in [3.8, 4) is 6.07 Å². The van der Waals surface area contributed by atoms with Gasteiger partial charge in [0.25, 0.3) is 0 Å². The van der Waals surface area contributed by atoms with Crippen LogP contribution in [-0.2, 0) is 17.6 Å². The summed E-state index contributed by atoms with van der Waals surface area (Å²) in [6.07, 6.45) is 3.07. The van der Waals surface area contributed by atoms with Crippen LogP contribution in [0.25, 0.3) is 0 Å². The molecule has 2 heterocycles. The zero-order valence-corrected chi connectivity index (χ0v) is 21.1. The molecule has 35 heavy (non-hydrogen) atoms. The highest BCUT2D eigenvalue weighted by atomic mass is 32.1. The Morgan fingerprint density at radius 2 is 1.69 bits per heavy atom. The summed E-state index contributed by atoms with van der Waals surface area (Å²) in [4.78, 5) is 18.9. The molecule has 1 aliphatic heterocycles. The Balaban J connectivity index is 1.22. The van der Waals surface area contributed by atoms with Gasteiger partial charge in [0.1, 0.15) is 11.1 Å². The fourth-order valence-electron chi connectivity index (χ4n) is 5.39. The van der Waals surface area contributed by atoms with E-state index in [4.69, 9.17) is 0 Å². The number of thiophene rings is 1. The molecule has 1 atom stereocenters. The number of carbonyl (C=O) groups excluding carboxylic acids is 1. The summed E-state index contributed by atoms with van der Waals surface area (Å²) in [7, 11) is 0. The zero-order chi connectivity index (χ0) is 24.2. The molecule has 0 saturated carbocycles. The second-order valence-electron chi connectivity index (χ2n) is 9.75. The third-order valence-corrected chi connectivity index (χ3v) is 8.42. The monoisotopic (exact) mass is 484 g/mol. The van der Waals surface area contributed by atoms with Crippen molar-refractivity contribution in [2.75, 3.05) is 38.0 Å². The summed E-state index contributed by atoms with van der Waals surface area (Å²) in [5, 5.41) is 13.5. The molecule has 6 heteroatoms. The number of fused-ring (bicyclic) bond motifs is 1. The number of carbonyl (C=O) groups is 1. The number of piperazine rings is 1. The van der Waals surface area contributed by atoms with Gasteiger partial charge >= 0.3 is 0 Å². The molecule has 1 unspecified atom stereocenters. The van der Waals surface area contributed by atoms with Crippen molar-refractivity contribution >= 4 is 22.2 Å². The number of nitrogens with zero attached hydrogens (tertiary/aromatic N) is 3. The highest BCUT2D eigenvalue weighted by molar-refractivity contribution is 7.16. The van der Waals surface area contributed by atoms with Gasteiger partial charge in [-0.15, -0.1) is 11.3 Å². The molecule has 0 radical (unpaired) electrons. The zero-order valence-electron chi connectivity index (χ0n) is 20.2. The third-order valence-electron chi connectivity index (χ3n) is 7.25. The molecule has 1 aromatic heterocycles. The van der Waals surface area contributed by atoms with E-state index in [2.05, 4.69) is 88.8 Å². The van der Waals surface area contributed by atoms with Gasteiger partial charge in [-0.05, 0) is 41.9 Å². The molecule has 1 N–H and O–H groups in total. The largest absolute Gasteiger partial charge is 0.315 e. The first kappa shape index (κ1) is 23.7. The second-order valence-corrected chi connectivity index (χ2v) is 10.9. The lowest BCUT2D eigenvalue weighted by molar-refractivity contribution is -0.117. The number of nitriles is 1. The third kappa shape index (κ3) is 5.33. The molecule has 1 amide bonds. The number of anilines is 1. The van der Waals surface area contributed by atoms with Crippen LogP contribution in [-0.4, -0.2) is 48.4 Å². The van der Waals surface area contributed by atoms with Gasteiger partial charge in [0.2, 0.25) is 5.91 Å². The Hall–Kier alpha value is -2.98. The molecule has 1 fully saturated rings. The minimum atomic E-state index is -0.0238. The maximum Gasteiger partial charge on any atom is 0.239 e. The van der Waals surface area contributed by atoms with Crippen LogP contribution in [0.2, 0.25) is 0 Å². The summed E-state index contributed by atoms with van der Waals surface area (Å²) in [5.74, 6) is 0.618. The lowest BCUT2D eigenvalue weighted by Gasteiger charge is -2.39. The van der Waals surface area contributed by atoms with Gasteiger partial charge < -0.3 is 5.32 Å². The Morgan fingerprint density at radius 3 is 2.29 bits per heavy atom. The first-order valence-corrected chi connectivity index (χ1v) is 13.3. The Labute approximate surface area is 212 Å². The van der Waals surface area contributed by atoms with Crippen molar-refractivity contribution in [1.82, 2.24) is 9.80 Å². The van der Waals surface area contributed by atoms with Crippen molar-refractivity contribution in [2.24, 2.45) is 5.92 Å². The molecule has 2 aliphatic rings. The number of rotatable bonds is 6. The Morgan fingerprint density at radius 1 is 1.06 bits per heavy atom. The lowest BCUT2D eigenvalue weighted by atomic mass is 9.89. The number of benzene rings is 2. The molecular formula is C29H32N4OS. The van der Waals surface area contributed by atoms with E-state index in [9.17, 15) is 10.1 Å². The molecule has 5 nitrogen and oxygen atoms in total. The van der Waals surface area contributed by atoms with Crippen molar-refractivity contribution < 1.29 is 4.79 Å². The minimum absolute atomic E-state index is 0.0238. The molecule has 180 valence electrons. The van der Waals surface area contributed by atoms with E-state index in [1.807, 2.05) is 0 Å². The summed E-state index contributed by atoms with van der Waals surface area (Å²) in [5.41, 5.74) is 4.44. The maximum absolute atomic E-state index is 12.9.